The van der Waals surface area contributed by atoms with Crippen molar-refractivity contribution in [2.75, 3.05) is 0 Å². The van der Waals surface area contributed by atoms with Crippen LogP contribution in [0.25, 0.3) is 0 Å². The Morgan fingerprint density at radius 1 is 1.50 bits per heavy atom. The lowest BCUT2D eigenvalue weighted by Crippen LogP contribution is -2.03. The monoisotopic (exact) mass is 115 g/mol. The third kappa shape index (κ3) is 1.87. The smallest absolute Gasteiger partial charge is 0.180 e. The van der Waals surface area contributed by atoms with Gasteiger partial charge < -0.3 is 10.8 Å². The number of aliphatic hydroxyl groups excluding tert-OH is 1. The first-order chi connectivity index (χ1) is 3.55. The zero-order valence-electron chi connectivity index (χ0n) is 5.60. The van der Waals surface area contributed by atoms with Gasteiger partial charge in [-0.2, -0.15) is 0 Å². The highest BCUT2D eigenvalue weighted by Gasteiger charge is 1.98. The lowest BCUT2D eigenvalue weighted by Gasteiger charge is -2.03. The van der Waals surface area contributed by atoms with Crippen LogP contribution in [0.3, 0.4) is 0 Å². The molecule has 0 atom stereocenters. The Labute approximate surface area is 50.0 Å². The Kier molecular flexibility index (Phi) is 2.38. The highest BCUT2D eigenvalue weighted by atomic mass is 16.3. The number of aliphatic hydroxyl groups is 1. The molecule has 2 heteroatoms. The molecule has 0 saturated heterocycles. The molecule has 48 valence electrons. The molecule has 0 spiro atoms. The van der Waals surface area contributed by atoms with Crippen molar-refractivity contribution < 1.29 is 5.11 Å². The van der Waals surface area contributed by atoms with Crippen LogP contribution in [0.2, 0.25) is 0 Å². The average Bonchev–Trinajstić information content (AvgIpc) is 1.64. The molecular weight excluding hydrogens is 102 g/mol. The second-order valence-electron chi connectivity index (χ2n) is 2.22. The van der Waals surface area contributed by atoms with Crippen molar-refractivity contribution >= 4 is 0 Å². The second-order valence-corrected chi connectivity index (χ2v) is 2.22. The third-order valence-corrected chi connectivity index (χ3v) is 1.27. The first kappa shape index (κ1) is 7.34. The predicted molar refractivity (Wildman–Crippen MR) is 34.4 cm³/mol. The van der Waals surface area contributed by atoms with Gasteiger partial charge in [-0.05, 0) is 18.4 Å². The van der Waals surface area contributed by atoms with E-state index in [1.807, 2.05) is 20.8 Å². The molecule has 0 heterocycles. The zero-order valence-corrected chi connectivity index (χ0v) is 5.60. The summed E-state index contributed by atoms with van der Waals surface area (Å²) in [6.45, 7) is 5.79. The van der Waals surface area contributed by atoms with E-state index in [0.29, 0.717) is 5.92 Å². The molecule has 0 aromatic heterocycles. The molecule has 0 aliphatic heterocycles. The van der Waals surface area contributed by atoms with Gasteiger partial charge in [0.25, 0.3) is 0 Å². The van der Waals surface area contributed by atoms with Crippen LogP contribution in [0.4, 0.5) is 0 Å². The van der Waals surface area contributed by atoms with Crippen LogP contribution >= 0.6 is 0 Å². The van der Waals surface area contributed by atoms with E-state index in [-0.39, 0.29) is 5.88 Å². The summed E-state index contributed by atoms with van der Waals surface area (Å²) in [6.07, 6.45) is 0. The van der Waals surface area contributed by atoms with E-state index >= 15 is 0 Å². The quantitative estimate of drug-likeness (QED) is 0.507. The number of nitrogens with two attached hydrogens (primary N) is 1. The molecule has 0 aromatic rings. The second kappa shape index (κ2) is 2.60. The summed E-state index contributed by atoms with van der Waals surface area (Å²) >= 11 is 0. The van der Waals surface area contributed by atoms with Gasteiger partial charge in [0.05, 0.1) is 0 Å². The first-order valence-electron chi connectivity index (χ1n) is 2.71. The average molecular weight is 115 g/mol. The Bertz CT molecular complexity index is 101. The van der Waals surface area contributed by atoms with Gasteiger partial charge in [0.1, 0.15) is 0 Å². The Balaban J connectivity index is 4.00. The molecule has 0 aliphatic carbocycles. The molecule has 0 saturated carbocycles. The fourth-order valence-electron chi connectivity index (χ4n) is 0.296. The Morgan fingerprint density at radius 3 is 1.88 bits per heavy atom. The minimum Gasteiger partial charge on any atom is -0.495 e. The summed E-state index contributed by atoms with van der Waals surface area (Å²) < 4.78 is 0. The van der Waals surface area contributed by atoms with Gasteiger partial charge in [-0.1, -0.05) is 13.8 Å². The highest BCUT2D eigenvalue weighted by Crippen LogP contribution is 2.07. The van der Waals surface area contributed by atoms with Crippen LogP contribution in [0.5, 0.6) is 0 Å². The molecule has 3 N–H and O–H groups in total. The summed E-state index contributed by atoms with van der Waals surface area (Å²) in [5.41, 5.74) is 5.92. The lowest BCUT2D eigenvalue weighted by atomic mass is 10.1. The van der Waals surface area contributed by atoms with E-state index in [1.54, 1.807) is 0 Å². The van der Waals surface area contributed by atoms with Gasteiger partial charge in [-0.3, -0.25) is 0 Å². The van der Waals surface area contributed by atoms with Crippen LogP contribution in [0.15, 0.2) is 11.5 Å². The molecular formula is C6H13NO. The third-order valence-electron chi connectivity index (χ3n) is 1.27. The maximum atomic E-state index is 8.65. The van der Waals surface area contributed by atoms with Crippen molar-refractivity contribution in [3.05, 3.63) is 11.5 Å². The minimum absolute atomic E-state index is 0.0417. The van der Waals surface area contributed by atoms with Crippen molar-refractivity contribution in [1.29, 1.82) is 0 Å². The van der Waals surface area contributed by atoms with E-state index in [2.05, 4.69) is 0 Å². The summed E-state index contributed by atoms with van der Waals surface area (Å²) in [5, 5.41) is 8.65. The SMILES string of the molecule is C/C(=C(/N)O)C(C)C. The zero-order chi connectivity index (χ0) is 6.73. The first-order valence-corrected chi connectivity index (χ1v) is 2.71. The standard InChI is InChI=1S/C6H13NO/c1-4(2)5(3)6(7)8/h4,8H,7H2,1-3H3/b6-5+. The molecule has 0 amide bonds. The molecule has 8 heavy (non-hydrogen) atoms. The van der Waals surface area contributed by atoms with Crippen molar-refractivity contribution in [2.24, 2.45) is 11.7 Å². The number of hydrogen-bond donors (Lipinski definition) is 2. The summed E-state index contributed by atoms with van der Waals surface area (Å²) in [4.78, 5) is 0. The van der Waals surface area contributed by atoms with Crippen LogP contribution in [-0.4, -0.2) is 5.11 Å². The van der Waals surface area contributed by atoms with Crippen molar-refractivity contribution in [1.82, 2.24) is 0 Å². The largest absolute Gasteiger partial charge is 0.495 e. The Hall–Kier alpha value is -0.660. The minimum atomic E-state index is -0.0417. The normalized spacial score (nSPS) is 14.0. The van der Waals surface area contributed by atoms with Crippen molar-refractivity contribution in [3.8, 4) is 0 Å². The number of hydrogen-bond acceptors (Lipinski definition) is 2. The van der Waals surface area contributed by atoms with Crippen LogP contribution in [0, 0.1) is 5.92 Å². The topological polar surface area (TPSA) is 46.2 Å². The Morgan fingerprint density at radius 2 is 1.88 bits per heavy atom. The maximum absolute atomic E-state index is 8.65. The van der Waals surface area contributed by atoms with E-state index in [0.717, 1.165) is 5.57 Å². The number of allylic oxidation sites excluding steroid dienone is 1. The molecule has 0 rings (SSSR count). The van der Waals surface area contributed by atoms with Gasteiger partial charge in [-0.25, -0.2) is 0 Å². The highest BCUT2D eigenvalue weighted by molar-refractivity contribution is 5.02. The lowest BCUT2D eigenvalue weighted by molar-refractivity contribution is 0.390. The molecule has 2 nitrogen and oxygen atoms in total. The predicted octanol–water partition coefficient (Wildman–Crippen LogP) is 1.39. The van der Waals surface area contributed by atoms with Crippen LogP contribution in [-0.2, 0) is 0 Å². The van der Waals surface area contributed by atoms with Crippen molar-refractivity contribution in [3.63, 3.8) is 0 Å². The molecule has 0 radical (unpaired) electrons. The number of rotatable bonds is 1. The summed E-state index contributed by atoms with van der Waals surface area (Å²) in [5.74, 6) is 0.306. The summed E-state index contributed by atoms with van der Waals surface area (Å²) in [7, 11) is 0. The summed E-state index contributed by atoms with van der Waals surface area (Å²) in [6, 6.07) is 0. The van der Waals surface area contributed by atoms with E-state index < -0.39 is 0 Å². The molecule has 0 fully saturated rings. The van der Waals surface area contributed by atoms with Gasteiger partial charge in [0.15, 0.2) is 5.88 Å². The molecule has 0 aliphatic rings. The van der Waals surface area contributed by atoms with Gasteiger partial charge >= 0.3 is 0 Å². The van der Waals surface area contributed by atoms with E-state index in [9.17, 15) is 0 Å². The van der Waals surface area contributed by atoms with Gasteiger partial charge in [0, 0.05) is 0 Å². The molecule has 0 aromatic carbocycles. The fraction of sp³-hybridized carbons (Fsp3) is 0.667. The van der Waals surface area contributed by atoms with Crippen molar-refractivity contribution in [2.45, 2.75) is 20.8 Å². The van der Waals surface area contributed by atoms with Crippen LogP contribution < -0.4 is 5.73 Å². The maximum Gasteiger partial charge on any atom is 0.180 e. The molecule has 0 unspecified atom stereocenters. The van der Waals surface area contributed by atoms with E-state index in [4.69, 9.17) is 10.8 Å². The van der Waals surface area contributed by atoms with Crippen LogP contribution in [0.1, 0.15) is 20.8 Å². The fourth-order valence-corrected chi connectivity index (χ4v) is 0.296. The van der Waals surface area contributed by atoms with Gasteiger partial charge in [-0.15, -0.1) is 0 Å². The molecule has 0 bridgehead atoms. The van der Waals surface area contributed by atoms with E-state index in [1.165, 1.54) is 0 Å². The van der Waals surface area contributed by atoms with Gasteiger partial charge in [0.2, 0.25) is 0 Å².